The molecule has 3 heteroatoms. The van der Waals surface area contributed by atoms with E-state index in [2.05, 4.69) is 19.9 Å². The van der Waals surface area contributed by atoms with Crippen molar-refractivity contribution in [2.24, 2.45) is 0 Å². The summed E-state index contributed by atoms with van der Waals surface area (Å²) in [5, 5.41) is 0. The average Bonchev–Trinajstić information content (AvgIpc) is 2.06. The maximum absolute atomic E-state index is 5.51. The number of rotatable bonds is 3. The van der Waals surface area contributed by atoms with Gasteiger partial charge in [-0.1, -0.05) is 6.92 Å². The van der Waals surface area contributed by atoms with Crippen LogP contribution in [0.3, 0.4) is 0 Å². The Morgan fingerprint density at radius 1 is 1.46 bits per heavy atom. The number of benzene rings is 1. The van der Waals surface area contributed by atoms with Crippen molar-refractivity contribution in [3.8, 4) is 5.75 Å². The number of hydrogen-bond acceptors (Lipinski definition) is 1. The van der Waals surface area contributed by atoms with E-state index in [-0.39, 0.29) is 46.1 Å². The molecule has 1 aromatic carbocycles. The minimum Gasteiger partial charge on any atom is -1.00 e. The molecule has 13 heavy (non-hydrogen) atoms. The Bertz CT molecular complexity index is 203. The van der Waals surface area contributed by atoms with Crippen LogP contribution in [0.15, 0.2) is 24.3 Å². The normalized spacial score (nSPS) is 10.6. The molecule has 1 rings (SSSR count). The molecule has 0 fully saturated rings. The number of ether oxygens (including phenoxy) is 1. The van der Waals surface area contributed by atoms with Crippen LogP contribution in [0.4, 0.5) is 0 Å². The van der Waals surface area contributed by atoms with Gasteiger partial charge in [0.05, 0.1) is 6.10 Å². The SMILES string of the molecule is CCC(C)Oc1[c-]cccc1.[Br-].[Mg+2]. The van der Waals surface area contributed by atoms with Crippen LogP contribution in [0, 0.1) is 6.07 Å². The maximum atomic E-state index is 5.51. The molecule has 1 nitrogen and oxygen atoms in total. The summed E-state index contributed by atoms with van der Waals surface area (Å²) in [5.41, 5.74) is 0. The number of halogens is 1. The van der Waals surface area contributed by atoms with Crippen LogP contribution in [0.2, 0.25) is 0 Å². The van der Waals surface area contributed by atoms with Crippen molar-refractivity contribution >= 4 is 23.1 Å². The van der Waals surface area contributed by atoms with E-state index in [1.165, 1.54) is 0 Å². The number of hydrogen-bond donors (Lipinski definition) is 0. The summed E-state index contributed by atoms with van der Waals surface area (Å²) in [6.07, 6.45) is 1.32. The molecule has 0 aliphatic rings. The molecule has 0 spiro atoms. The van der Waals surface area contributed by atoms with E-state index in [0.29, 0.717) is 0 Å². The molecule has 68 valence electrons. The molecule has 0 saturated heterocycles. The predicted molar refractivity (Wildman–Crippen MR) is 51.4 cm³/mol. The van der Waals surface area contributed by atoms with E-state index in [9.17, 15) is 0 Å². The summed E-state index contributed by atoms with van der Waals surface area (Å²) in [7, 11) is 0. The van der Waals surface area contributed by atoms with Gasteiger partial charge in [0.15, 0.2) is 0 Å². The molecule has 0 amide bonds. The topological polar surface area (TPSA) is 9.23 Å². The van der Waals surface area contributed by atoms with E-state index in [0.717, 1.165) is 12.2 Å². The van der Waals surface area contributed by atoms with Crippen molar-refractivity contribution in [3.05, 3.63) is 30.3 Å². The molecule has 0 saturated carbocycles. The third-order valence-electron chi connectivity index (χ3n) is 1.58. The Labute approximate surface area is 107 Å². The van der Waals surface area contributed by atoms with Crippen molar-refractivity contribution in [2.45, 2.75) is 26.4 Å². The zero-order valence-corrected chi connectivity index (χ0v) is 11.1. The summed E-state index contributed by atoms with van der Waals surface area (Å²) in [6.45, 7) is 4.16. The van der Waals surface area contributed by atoms with Gasteiger partial charge in [-0.15, -0.1) is 12.1 Å². The fourth-order valence-corrected chi connectivity index (χ4v) is 0.750. The number of para-hydroxylation sites is 1. The second-order valence-electron chi connectivity index (χ2n) is 2.56. The summed E-state index contributed by atoms with van der Waals surface area (Å²) >= 11 is 0. The van der Waals surface area contributed by atoms with Gasteiger partial charge in [0.25, 0.3) is 0 Å². The minimum atomic E-state index is 0. The smallest absolute Gasteiger partial charge is 1.00 e. The van der Waals surface area contributed by atoms with Gasteiger partial charge < -0.3 is 21.7 Å². The van der Waals surface area contributed by atoms with Crippen molar-refractivity contribution in [2.75, 3.05) is 0 Å². The van der Waals surface area contributed by atoms with Crippen LogP contribution in [0.25, 0.3) is 0 Å². The molecule has 0 heterocycles. The van der Waals surface area contributed by atoms with E-state index in [4.69, 9.17) is 4.74 Å². The monoisotopic (exact) mass is 252 g/mol. The second kappa shape index (κ2) is 8.85. The maximum Gasteiger partial charge on any atom is 2.00 e. The predicted octanol–water partition coefficient (Wildman–Crippen LogP) is -0.713. The summed E-state index contributed by atoms with van der Waals surface area (Å²) in [4.78, 5) is 0. The van der Waals surface area contributed by atoms with Crippen molar-refractivity contribution in [1.82, 2.24) is 0 Å². The van der Waals surface area contributed by atoms with Gasteiger partial charge in [-0.3, -0.25) is 0 Å². The van der Waals surface area contributed by atoms with Gasteiger partial charge in [-0.25, -0.2) is 0 Å². The average molecular weight is 253 g/mol. The Balaban J connectivity index is 0. The molecular weight excluding hydrogens is 240 g/mol. The van der Waals surface area contributed by atoms with Gasteiger partial charge in [0.1, 0.15) is 0 Å². The van der Waals surface area contributed by atoms with Crippen LogP contribution < -0.4 is 21.7 Å². The minimum absolute atomic E-state index is 0. The largest absolute Gasteiger partial charge is 2.00 e. The van der Waals surface area contributed by atoms with Gasteiger partial charge in [0, 0.05) is 5.75 Å². The fraction of sp³-hybridized carbons (Fsp3) is 0.400. The first-order chi connectivity index (χ1) is 5.33. The van der Waals surface area contributed by atoms with E-state index in [1.54, 1.807) is 0 Å². The van der Waals surface area contributed by atoms with Crippen LogP contribution >= 0.6 is 0 Å². The van der Waals surface area contributed by atoms with Gasteiger partial charge in [-0.2, -0.15) is 18.2 Å². The summed E-state index contributed by atoms with van der Waals surface area (Å²) < 4.78 is 5.51. The van der Waals surface area contributed by atoms with Crippen LogP contribution in [0.1, 0.15) is 20.3 Å². The molecule has 1 aromatic rings. The first-order valence-corrected chi connectivity index (χ1v) is 3.96. The van der Waals surface area contributed by atoms with Crippen LogP contribution in [-0.4, -0.2) is 29.2 Å². The molecule has 0 radical (unpaired) electrons. The molecule has 1 atom stereocenters. The Hall–Kier alpha value is 0.266. The molecule has 0 aliphatic heterocycles. The first-order valence-electron chi connectivity index (χ1n) is 3.96. The van der Waals surface area contributed by atoms with Gasteiger partial charge >= 0.3 is 23.1 Å². The molecule has 0 bridgehead atoms. The van der Waals surface area contributed by atoms with E-state index >= 15 is 0 Å². The van der Waals surface area contributed by atoms with Gasteiger partial charge in [-0.05, 0) is 13.3 Å². The molecule has 0 aromatic heterocycles. The van der Waals surface area contributed by atoms with Crippen molar-refractivity contribution in [1.29, 1.82) is 0 Å². The Morgan fingerprint density at radius 2 is 2.15 bits per heavy atom. The zero-order chi connectivity index (χ0) is 8.10. The standard InChI is InChI=1S/C10H13O.BrH.Mg/c1-3-9(2)11-10-7-5-4-6-8-10;;/h4-7,9H,3H2,1-2H3;1H;/q-1;;+2/p-1. The third kappa shape index (κ3) is 6.35. The van der Waals surface area contributed by atoms with Crippen molar-refractivity contribution < 1.29 is 21.7 Å². The third-order valence-corrected chi connectivity index (χ3v) is 1.58. The molecule has 0 aliphatic carbocycles. The molecule has 0 N–H and O–H groups in total. The Kier molecular flexibility index (Phi) is 10.7. The summed E-state index contributed by atoms with van der Waals surface area (Å²) in [6, 6.07) is 10.7. The molecule has 1 unspecified atom stereocenters. The zero-order valence-electron chi connectivity index (χ0n) is 8.09. The van der Waals surface area contributed by atoms with Crippen molar-refractivity contribution in [3.63, 3.8) is 0 Å². The second-order valence-corrected chi connectivity index (χ2v) is 2.56. The van der Waals surface area contributed by atoms with E-state index in [1.807, 2.05) is 24.3 Å². The van der Waals surface area contributed by atoms with Crippen LogP contribution in [0.5, 0.6) is 5.75 Å². The molecular formula is C10H13BrMgO. The Morgan fingerprint density at radius 3 is 2.62 bits per heavy atom. The fourth-order valence-electron chi connectivity index (χ4n) is 0.750. The first kappa shape index (κ1) is 15.7. The quantitative estimate of drug-likeness (QED) is 0.511. The summed E-state index contributed by atoms with van der Waals surface area (Å²) in [5.74, 6) is 0.835. The van der Waals surface area contributed by atoms with Gasteiger partial charge in [0.2, 0.25) is 0 Å². The van der Waals surface area contributed by atoms with Crippen LogP contribution in [-0.2, 0) is 0 Å². The van der Waals surface area contributed by atoms with E-state index < -0.39 is 0 Å².